The minimum absolute atomic E-state index is 0.0638. The molecule has 3 N–H and O–H groups in total. The molecule has 0 saturated carbocycles. The van der Waals surface area contributed by atoms with Gasteiger partial charge in [-0.15, -0.1) is 0 Å². The van der Waals surface area contributed by atoms with Gasteiger partial charge in [-0.25, -0.2) is 9.78 Å². The van der Waals surface area contributed by atoms with Crippen LogP contribution in [-0.4, -0.2) is 42.2 Å². The fraction of sp³-hybridized carbons (Fsp3) is 0.353. The van der Waals surface area contributed by atoms with Crippen molar-refractivity contribution in [1.29, 1.82) is 0 Å². The van der Waals surface area contributed by atoms with Crippen LogP contribution in [0.3, 0.4) is 0 Å². The number of nitrogens with zero attached hydrogens (tertiary/aromatic N) is 3. The number of benzene rings is 1. The van der Waals surface area contributed by atoms with Gasteiger partial charge in [-0.1, -0.05) is 17.7 Å². The molecule has 25 heavy (non-hydrogen) atoms. The number of nitrogens with one attached hydrogen (secondary N) is 3. The van der Waals surface area contributed by atoms with Crippen LogP contribution in [-0.2, 0) is 0 Å². The van der Waals surface area contributed by atoms with Gasteiger partial charge in [0.15, 0.2) is 0 Å². The lowest BCUT2D eigenvalue weighted by Gasteiger charge is -2.18. The maximum atomic E-state index is 12.2. The molecule has 2 aromatic rings. The van der Waals surface area contributed by atoms with Gasteiger partial charge in [-0.3, -0.25) is 0 Å². The molecule has 1 saturated heterocycles. The highest BCUT2D eigenvalue weighted by Crippen LogP contribution is 2.21. The molecular weight excluding hydrogens is 340 g/mol. The average Bonchev–Trinajstić information content (AvgIpc) is 3.06. The highest BCUT2D eigenvalue weighted by atomic mass is 35.5. The summed E-state index contributed by atoms with van der Waals surface area (Å²) in [5.41, 5.74) is 1.65. The van der Waals surface area contributed by atoms with E-state index in [4.69, 9.17) is 11.6 Å². The Kier molecular flexibility index (Phi) is 5.23. The summed E-state index contributed by atoms with van der Waals surface area (Å²) in [5.74, 6) is 1.44. The summed E-state index contributed by atoms with van der Waals surface area (Å²) < 4.78 is 0. The molecule has 1 aliphatic rings. The second kappa shape index (κ2) is 7.57. The summed E-state index contributed by atoms with van der Waals surface area (Å²) >= 11 is 6.08. The molecule has 1 unspecified atom stereocenters. The third kappa shape index (κ3) is 4.30. The molecule has 0 aliphatic carbocycles. The van der Waals surface area contributed by atoms with Crippen LogP contribution < -0.4 is 20.9 Å². The van der Waals surface area contributed by atoms with E-state index in [0.717, 1.165) is 24.3 Å². The number of urea groups is 1. The molecule has 8 heteroatoms. The summed E-state index contributed by atoms with van der Waals surface area (Å²) in [7, 11) is 1.79. The monoisotopic (exact) mass is 360 g/mol. The Morgan fingerprint density at radius 3 is 2.96 bits per heavy atom. The Bertz CT molecular complexity index is 769. The second-order valence-corrected chi connectivity index (χ2v) is 6.39. The van der Waals surface area contributed by atoms with Crippen LogP contribution in [0.2, 0.25) is 5.02 Å². The summed E-state index contributed by atoms with van der Waals surface area (Å²) in [6.45, 7) is 3.47. The average molecular weight is 361 g/mol. The molecule has 1 atom stereocenters. The smallest absolute Gasteiger partial charge is 0.319 e. The highest BCUT2D eigenvalue weighted by Gasteiger charge is 2.25. The quantitative estimate of drug-likeness (QED) is 0.781. The molecule has 132 valence electrons. The van der Waals surface area contributed by atoms with E-state index >= 15 is 0 Å². The molecule has 2 heterocycles. The standard InChI is InChI=1S/C17H21ClN6O/c1-11-3-4-12(9-14(11)18)21-17(25)22-13-6-8-24(10-13)15-5-7-20-16(19-2)23-15/h3-5,7,9,13H,6,8,10H2,1-2H3,(H,19,20,23)(H2,21,22,25). The molecule has 1 aromatic carbocycles. The van der Waals surface area contributed by atoms with Crippen molar-refractivity contribution < 1.29 is 4.79 Å². The maximum absolute atomic E-state index is 12.2. The van der Waals surface area contributed by atoms with Gasteiger partial charge < -0.3 is 20.9 Å². The summed E-state index contributed by atoms with van der Waals surface area (Å²) in [4.78, 5) is 22.9. The second-order valence-electron chi connectivity index (χ2n) is 5.98. The van der Waals surface area contributed by atoms with Crippen molar-refractivity contribution in [1.82, 2.24) is 15.3 Å². The lowest BCUT2D eigenvalue weighted by atomic mass is 10.2. The van der Waals surface area contributed by atoms with E-state index in [9.17, 15) is 4.79 Å². The fourth-order valence-corrected chi connectivity index (χ4v) is 2.94. The van der Waals surface area contributed by atoms with E-state index in [-0.39, 0.29) is 12.1 Å². The number of carbonyl (C=O) groups excluding carboxylic acids is 1. The van der Waals surface area contributed by atoms with E-state index in [1.54, 1.807) is 19.3 Å². The Balaban J connectivity index is 1.55. The molecule has 1 fully saturated rings. The maximum Gasteiger partial charge on any atom is 0.319 e. The van der Waals surface area contributed by atoms with Crippen LogP contribution in [0, 0.1) is 6.92 Å². The molecule has 2 amide bonds. The van der Waals surface area contributed by atoms with Crippen molar-refractivity contribution in [3.8, 4) is 0 Å². The van der Waals surface area contributed by atoms with Crippen molar-refractivity contribution in [2.75, 3.05) is 35.7 Å². The van der Waals surface area contributed by atoms with Crippen LogP contribution in [0.25, 0.3) is 0 Å². The number of aromatic nitrogens is 2. The first-order chi connectivity index (χ1) is 12.0. The van der Waals surface area contributed by atoms with E-state index < -0.39 is 0 Å². The number of rotatable bonds is 4. The normalized spacial score (nSPS) is 16.6. The first-order valence-electron chi connectivity index (χ1n) is 8.14. The minimum atomic E-state index is -0.231. The van der Waals surface area contributed by atoms with Gasteiger partial charge in [-0.2, -0.15) is 4.98 Å². The zero-order chi connectivity index (χ0) is 17.8. The van der Waals surface area contributed by atoms with Crippen LogP contribution in [0.5, 0.6) is 0 Å². The topological polar surface area (TPSA) is 82.2 Å². The molecule has 1 aliphatic heterocycles. The number of hydrogen-bond acceptors (Lipinski definition) is 5. The Hall–Kier alpha value is -2.54. The molecule has 7 nitrogen and oxygen atoms in total. The Labute approximate surface area is 151 Å². The van der Waals surface area contributed by atoms with E-state index in [1.807, 2.05) is 25.1 Å². The van der Waals surface area contributed by atoms with Gasteiger partial charge in [0.05, 0.1) is 0 Å². The van der Waals surface area contributed by atoms with Crippen LogP contribution in [0.15, 0.2) is 30.5 Å². The van der Waals surface area contributed by atoms with Crippen molar-refractivity contribution >= 4 is 35.1 Å². The summed E-state index contributed by atoms with van der Waals surface area (Å²) in [6, 6.07) is 7.17. The Morgan fingerprint density at radius 1 is 1.36 bits per heavy atom. The van der Waals surface area contributed by atoms with Gasteiger partial charge in [0.1, 0.15) is 5.82 Å². The van der Waals surface area contributed by atoms with Gasteiger partial charge in [0.2, 0.25) is 5.95 Å². The van der Waals surface area contributed by atoms with Crippen molar-refractivity contribution in [2.45, 2.75) is 19.4 Å². The summed E-state index contributed by atoms with van der Waals surface area (Å²) in [5, 5.41) is 9.38. The Morgan fingerprint density at radius 2 is 2.20 bits per heavy atom. The van der Waals surface area contributed by atoms with E-state index in [2.05, 4.69) is 30.8 Å². The third-order valence-corrected chi connectivity index (χ3v) is 4.55. The molecular formula is C17H21ClN6O. The van der Waals surface area contributed by atoms with Crippen molar-refractivity contribution in [3.05, 3.63) is 41.0 Å². The van der Waals surface area contributed by atoms with Gasteiger partial charge in [0.25, 0.3) is 0 Å². The first-order valence-corrected chi connectivity index (χ1v) is 8.52. The van der Waals surface area contributed by atoms with Gasteiger partial charge >= 0.3 is 6.03 Å². The predicted octanol–water partition coefficient (Wildman–Crippen LogP) is 2.88. The van der Waals surface area contributed by atoms with E-state index in [0.29, 0.717) is 23.2 Å². The fourth-order valence-electron chi connectivity index (χ4n) is 2.76. The first kappa shape index (κ1) is 17.3. The molecule has 3 rings (SSSR count). The van der Waals surface area contributed by atoms with Crippen molar-refractivity contribution in [2.24, 2.45) is 0 Å². The lowest BCUT2D eigenvalue weighted by molar-refractivity contribution is 0.249. The number of halogens is 1. The number of hydrogen-bond donors (Lipinski definition) is 3. The summed E-state index contributed by atoms with van der Waals surface area (Å²) in [6.07, 6.45) is 2.59. The number of carbonyl (C=O) groups is 1. The molecule has 1 aromatic heterocycles. The molecule has 0 spiro atoms. The molecule has 0 radical (unpaired) electrons. The van der Waals surface area contributed by atoms with Gasteiger partial charge in [0, 0.05) is 43.1 Å². The minimum Gasteiger partial charge on any atom is -0.357 e. The third-order valence-electron chi connectivity index (χ3n) is 4.14. The van der Waals surface area contributed by atoms with E-state index in [1.165, 1.54) is 0 Å². The number of aryl methyl sites for hydroxylation is 1. The highest BCUT2D eigenvalue weighted by molar-refractivity contribution is 6.31. The SMILES string of the molecule is CNc1nccc(N2CCC(NC(=O)Nc3ccc(C)c(Cl)c3)C2)n1. The predicted molar refractivity (Wildman–Crippen MR) is 101 cm³/mol. The number of amides is 2. The van der Waals surface area contributed by atoms with Crippen LogP contribution >= 0.6 is 11.6 Å². The van der Waals surface area contributed by atoms with Gasteiger partial charge in [-0.05, 0) is 37.1 Å². The molecule has 0 bridgehead atoms. The number of anilines is 3. The van der Waals surface area contributed by atoms with Crippen LogP contribution in [0.1, 0.15) is 12.0 Å². The van der Waals surface area contributed by atoms with Crippen LogP contribution in [0.4, 0.5) is 22.2 Å². The lowest BCUT2D eigenvalue weighted by Crippen LogP contribution is -2.39. The van der Waals surface area contributed by atoms with Crippen molar-refractivity contribution in [3.63, 3.8) is 0 Å². The zero-order valence-corrected chi connectivity index (χ0v) is 15.0. The zero-order valence-electron chi connectivity index (χ0n) is 14.2. The largest absolute Gasteiger partial charge is 0.357 e.